The number of hydrogen-bond donors (Lipinski definition) is 1. The van der Waals surface area contributed by atoms with Crippen LogP contribution in [-0.2, 0) is 9.47 Å². The van der Waals surface area contributed by atoms with Crippen molar-refractivity contribution < 1.29 is 9.47 Å². The molecule has 0 amide bonds. The third-order valence-corrected chi connectivity index (χ3v) is 3.03. The third kappa shape index (κ3) is 4.49. The third-order valence-electron chi connectivity index (χ3n) is 2.44. The lowest BCUT2D eigenvalue weighted by molar-refractivity contribution is 0.00599. The van der Waals surface area contributed by atoms with Crippen molar-refractivity contribution in [3.8, 4) is 0 Å². The maximum Gasteiger partial charge on any atom is 0.162 e. The minimum absolute atomic E-state index is 0.123. The molecule has 3 nitrogen and oxygen atoms in total. The van der Waals surface area contributed by atoms with Crippen LogP contribution in [0.5, 0.6) is 0 Å². The van der Waals surface area contributed by atoms with Crippen LogP contribution >= 0.6 is 12.2 Å². The highest BCUT2D eigenvalue weighted by Gasteiger charge is 2.25. The van der Waals surface area contributed by atoms with Crippen LogP contribution in [-0.4, -0.2) is 24.0 Å². The van der Waals surface area contributed by atoms with Crippen LogP contribution in [0, 0.1) is 5.92 Å². The molecule has 2 atom stereocenters. The quantitative estimate of drug-likeness (QED) is 0.752. The van der Waals surface area contributed by atoms with Crippen molar-refractivity contribution >= 4 is 17.3 Å². The summed E-state index contributed by atoms with van der Waals surface area (Å²) in [4.78, 5) is 0. The molecule has 0 aromatic rings. The fourth-order valence-corrected chi connectivity index (χ4v) is 1.56. The van der Waals surface area contributed by atoms with E-state index in [1.54, 1.807) is 0 Å². The highest BCUT2D eigenvalue weighted by molar-refractivity contribution is 7.80. The second kappa shape index (κ2) is 6.86. The molecule has 0 aromatic carbocycles. The molecule has 92 valence electrons. The molecule has 0 saturated carbocycles. The molecule has 2 unspecified atom stereocenters. The van der Waals surface area contributed by atoms with E-state index in [0.29, 0.717) is 17.6 Å². The molecular formula is C12H21NO2S. The Bertz CT molecular complexity index is 253. The fraction of sp³-hybridized carbons (Fsp3) is 0.750. The van der Waals surface area contributed by atoms with Crippen molar-refractivity contribution in [1.82, 2.24) is 5.32 Å². The Labute approximate surface area is 103 Å². The van der Waals surface area contributed by atoms with Gasteiger partial charge < -0.3 is 14.8 Å². The molecule has 0 aliphatic carbocycles. The zero-order chi connectivity index (χ0) is 12.0. The Kier molecular flexibility index (Phi) is 5.77. The Morgan fingerprint density at radius 2 is 2.31 bits per heavy atom. The van der Waals surface area contributed by atoms with E-state index in [9.17, 15) is 0 Å². The average Bonchev–Trinajstić information content (AvgIpc) is 2.70. The van der Waals surface area contributed by atoms with Crippen LogP contribution in [0.15, 0.2) is 12.3 Å². The molecule has 0 bridgehead atoms. The van der Waals surface area contributed by atoms with Gasteiger partial charge in [0, 0.05) is 5.92 Å². The van der Waals surface area contributed by atoms with Crippen LogP contribution in [0.1, 0.15) is 33.6 Å². The lowest BCUT2D eigenvalue weighted by atomic mass is 10.2. The van der Waals surface area contributed by atoms with Gasteiger partial charge in [-0.05, 0) is 38.2 Å². The van der Waals surface area contributed by atoms with E-state index in [-0.39, 0.29) is 12.3 Å². The Hall–Kier alpha value is -0.610. The second-order valence-electron chi connectivity index (χ2n) is 4.28. The van der Waals surface area contributed by atoms with E-state index in [1.807, 2.05) is 33.0 Å². The van der Waals surface area contributed by atoms with Gasteiger partial charge in [-0.1, -0.05) is 19.9 Å². The summed E-state index contributed by atoms with van der Waals surface area (Å²) in [6, 6.07) is 0. The SMILES string of the molecule is C/C=C\NC1CCC(COC(=S)C(C)C)O1. The van der Waals surface area contributed by atoms with Crippen LogP contribution in [0.4, 0.5) is 0 Å². The molecule has 1 fully saturated rings. The lowest BCUT2D eigenvalue weighted by Gasteiger charge is -2.16. The van der Waals surface area contributed by atoms with Gasteiger partial charge in [-0.2, -0.15) is 0 Å². The maximum absolute atomic E-state index is 5.75. The van der Waals surface area contributed by atoms with Crippen LogP contribution < -0.4 is 5.32 Å². The zero-order valence-electron chi connectivity index (χ0n) is 10.2. The first-order valence-electron chi connectivity index (χ1n) is 5.82. The number of ether oxygens (including phenoxy) is 2. The van der Waals surface area contributed by atoms with E-state index in [2.05, 4.69) is 5.32 Å². The molecule has 4 heteroatoms. The molecule has 0 radical (unpaired) electrons. The Morgan fingerprint density at radius 3 is 2.94 bits per heavy atom. The number of nitrogens with one attached hydrogen (secondary N) is 1. The molecule has 1 rings (SSSR count). The summed E-state index contributed by atoms with van der Waals surface area (Å²) in [5.41, 5.74) is 0. The lowest BCUT2D eigenvalue weighted by Crippen LogP contribution is -2.26. The standard InChI is InChI=1S/C12H21NO2S/c1-4-7-13-11-6-5-10(15-11)8-14-12(16)9(2)3/h4,7,9-11,13H,5-6,8H2,1-3H3/b7-4-. The minimum atomic E-state index is 0.123. The summed E-state index contributed by atoms with van der Waals surface area (Å²) in [7, 11) is 0. The summed E-state index contributed by atoms with van der Waals surface area (Å²) in [5.74, 6) is 0.299. The summed E-state index contributed by atoms with van der Waals surface area (Å²) < 4.78 is 11.2. The normalized spacial score (nSPS) is 25.2. The number of thiocarbonyl (C=S) groups is 1. The molecule has 1 saturated heterocycles. The van der Waals surface area contributed by atoms with Gasteiger partial charge in [0.25, 0.3) is 0 Å². The summed E-state index contributed by atoms with van der Waals surface area (Å²) in [6.07, 6.45) is 6.20. The van der Waals surface area contributed by atoms with E-state index >= 15 is 0 Å². The van der Waals surface area contributed by atoms with Crippen molar-refractivity contribution in [2.75, 3.05) is 6.61 Å². The Balaban J connectivity index is 2.19. The van der Waals surface area contributed by atoms with Crippen molar-refractivity contribution in [2.45, 2.75) is 45.9 Å². The van der Waals surface area contributed by atoms with E-state index in [0.717, 1.165) is 12.8 Å². The molecule has 1 N–H and O–H groups in total. The predicted octanol–water partition coefficient (Wildman–Crippen LogP) is 2.61. The highest BCUT2D eigenvalue weighted by Crippen LogP contribution is 2.18. The number of allylic oxidation sites excluding steroid dienone is 1. The smallest absolute Gasteiger partial charge is 0.162 e. The minimum Gasteiger partial charge on any atom is -0.484 e. The van der Waals surface area contributed by atoms with Crippen molar-refractivity contribution in [3.63, 3.8) is 0 Å². The highest BCUT2D eigenvalue weighted by atomic mass is 32.1. The van der Waals surface area contributed by atoms with Gasteiger partial charge in [-0.25, -0.2) is 0 Å². The first kappa shape index (κ1) is 13.5. The van der Waals surface area contributed by atoms with Crippen molar-refractivity contribution in [2.24, 2.45) is 5.92 Å². The molecule has 0 spiro atoms. The van der Waals surface area contributed by atoms with Gasteiger partial charge in [0.15, 0.2) is 5.05 Å². The summed E-state index contributed by atoms with van der Waals surface area (Å²) in [6.45, 7) is 6.62. The predicted molar refractivity (Wildman–Crippen MR) is 69.2 cm³/mol. The molecule has 1 aliphatic rings. The van der Waals surface area contributed by atoms with E-state index < -0.39 is 0 Å². The zero-order valence-corrected chi connectivity index (χ0v) is 11.0. The molecule has 0 aromatic heterocycles. The summed E-state index contributed by atoms with van der Waals surface area (Å²) in [5, 5.41) is 3.85. The first-order chi connectivity index (χ1) is 7.63. The topological polar surface area (TPSA) is 30.5 Å². The fourth-order valence-electron chi connectivity index (χ4n) is 1.50. The summed E-state index contributed by atoms with van der Waals surface area (Å²) >= 11 is 5.11. The first-order valence-corrected chi connectivity index (χ1v) is 6.23. The number of hydrogen-bond acceptors (Lipinski definition) is 4. The van der Waals surface area contributed by atoms with E-state index in [4.69, 9.17) is 21.7 Å². The average molecular weight is 243 g/mol. The second-order valence-corrected chi connectivity index (χ2v) is 4.68. The molecule has 1 aliphatic heterocycles. The van der Waals surface area contributed by atoms with Gasteiger partial charge in [-0.3, -0.25) is 0 Å². The van der Waals surface area contributed by atoms with Gasteiger partial charge in [-0.15, -0.1) is 0 Å². The molecular weight excluding hydrogens is 222 g/mol. The van der Waals surface area contributed by atoms with Gasteiger partial charge >= 0.3 is 0 Å². The molecule has 16 heavy (non-hydrogen) atoms. The number of rotatable bonds is 5. The molecule has 1 heterocycles. The monoisotopic (exact) mass is 243 g/mol. The van der Waals surface area contributed by atoms with Gasteiger partial charge in [0.05, 0.1) is 6.10 Å². The van der Waals surface area contributed by atoms with Gasteiger partial charge in [0.2, 0.25) is 0 Å². The van der Waals surface area contributed by atoms with Crippen molar-refractivity contribution in [1.29, 1.82) is 0 Å². The van der Waals surface area contributed by atoms with Crippen molar-refractivity contribution in [3.05, 3.63) is 12.3 Å². The Morgan fingerprint density at radius 1 is 1.56 bits per heavy atom. The van der Waals surface area contributed by atoms with Gasteiger partial charge in [0.1, 0.15) is 12.8 Å². The van der Waals surface area contributed by atoms with Crippen LogP contribution in [0.25, 0.3) is 0 Å². The van der Waals surface area contributed by atoms with Crippen LogP contribution in [0.3, 0.4) is 0 Å². The van der Waals surface area contributed by atoms with Crippen LogP contribution in [0.2, 0.25) is 0 Å². The maximum atomic E-state index is 5.75. The van der Waals surface area contributed by atoms with E-state index in [1.165, 1.54) is 0 Å². The largest absolute Gasteiger partial charge is 0.484 e.